The van der Waals surface area contributed by atoms with Gasteiger partial charge < -0.3 is 14.8 Å². The Balaban J connectivity index is 1.73. The van der Waals surface area contributed by atoms with Gasteiger partial charge in [0.15, 0.2) is 5.65 Å². The zero-order valence-corrected chi connectivity index (χ0v) is 12.6. The molecule has 0 bridgehead atoms. The molecule has 2 aromatic rings. The molecule has 0 aromatic carbocycles. The van der Waals surface area contributed by atoms with Crippen molar-refractivity contribution in [2.24, 2.45) is 5.92 Å². The third kappa shape index (κ3) is 2.45. The van der Waals surface area contributed by atoms with Crippen LogP contribution >= 0.6 is 0 Å². The zero-order chi connectivity index (χ0) is 14.2. The first-order chi connectivity index (χ1) is 10.3. The topological polar surface area (TPSA) is 46.0 Å². The van der Waals surface area contributed by atoms with Crippen LogP contribution in [-0.4, -0.2) is 52.7 Å². The number of imidazole rings is 1. The molecule has 0 aliphatic carbocycles. The molecule has 5 heteroatoms. The van der Waals surface area contributed by atoms with Crippen LogP contribution in [0.1, 0.15) is 24.6 Å². The van der Waals surface area contributed by atoms with Gasteiger partial charge in [0.1, 0.15) is 11.3 Å². The van der Waals surface area contributed by atoms with Crippen LogP contribution in [0.4, 0.5) is 0 Å². The second-order valence-corrected chi connectivity index (χ2v) is 6.53. The molecule has 2 saturated heterocycles. The molecule has 2 aliphatic rings. The maximum absolute atomic E-state index is 4.92. The van der Waals surface area contributed by atoms with Crippen LogP contribution in [0, 0.1) is 5.92 Å². The van der Waals surface area contributed by atoms with Crippen LogP contribution < -0.4 is 5.32 Å². The van der Waals surface area contributed by atoms with Gasteiger partial charge >= 0.3 is 0 Å². The van der Waals surface area contributed by atoms with E-state index in [0.29, 0.717) is 11.8 Å². The largest absolute Gasteiger partial charge is 0.316 e. The molecule has 5 nitrogen and oxygen atoms in total. The van der Waals surface area contributed by atoms with Crippen molar-refractivity contribution in [2.75, 3.05) is 33.2 Å². The minimum Gasteiger partial charge on any atom is -0.316 e. The molecule has 2 aliphatic heterocycles. The Morgan fingerprint density at radius 1 is 1.38 bits per heavy atom. The third-order valence-corrected chi connectivity index (χ3v) is 4.89. The normalized spacial score (nSPS) is 26.9. The lowest BCUT2D eigenvalue weighted by Gasteiger charge is -2.16. The fraction of sp³-hybridized carbons (Fsp3) is 0.625. The molecule has 4 heterocycles. The van der Waals surface area contributed by atoms with E-state index in [9.17, 15) is 0 Å². The molecule has 2 aromatic heterocycles. The first kappa shape index (κ1) is 13.2. The molecule has 2 fully saturated rings. The van der Waals surface area contributed by atoms with Crippen LogP contribution in [0.25, 0.3) is 11.2 Å². The number of aromatic nitrogens is 3. The Labute approximate surface area is 125 Å². The van der Waals surface area contributed by atoms with Crippen molar-refractivity contribution in [1.82, 2.24) is 24.8 Å². The van der Waals surface area contributed by atoms with Gasteiger partial charge in [0.25, 0.3) is 0 Å². The number of hydrogen-bond acceptors (Lipinski definition) is 4. The average molecular weight is 285 g/mol. The summed E-state index contributed by atoms with van der Waals surface area (Å²) in [4.78, 5) is 11.9. The lowest BCUT2D eigenvalue weighted by molar-refractivity contribution is 0.404. The SMILES string of the molecule is CN1CCC(c2nc3cccnc3n2CC2CCNC2)C1. The van der Waals surface area contributed by atoms with Gasteiger partial charge in [-0.15, -0.1) is 0 Å². The van der Waals surface area contributed by atoms with Crippen molar-refractivity contribution in [3.8, 4) is 0 Å². The Kier molecular flexibility index (Phi) is 3.39. The van der Waals surface area contributed by atoms with Gasteiger partial charge in [0.05, 0.1) is 0 Å². The standard InChI is InChI=1S/C16H23N5/c1-20-8-5-13(11-20)15-19-14-3-2-6-18-16(14)21(15)10-12-4-7-17-9-12/h2-3,6,12-13,17H,4-5,7-11H2,1H3. The highest BCUT2D eigenvalue weighted by Gasteiger charge is 2.28. The predicted octanol–water partition coefficient (Wildman–Crippen LogP) is 1.46. The maximum atomic E-state index is 4.92. The van der Waals surface area contributed by atoms with Crippen LogP contribution in [-0.2, 0) is 6.54 Å². The Bertz CT molecular complexity index is 629. The van der Waals surface area contributed by atoms with Crippen molar-refractivity contribution in [2.45, 2.75) is 25.3 Å². The molecule has 2 atom stereocenters. The number of fused-ring (bicyclic) bond motifs is 1. The maximum Gasteiger partial charge on any atom is 0.160 e. The lowest BCUT2D eigenvalue weighted by Crippen LogP contribution is -2.19. The number of likely N-dealkylation sites (N-methyl/N-ethyl adjacent to an activating group) is 1. The number of nitrogens with one attached hydrogen (secondary N) is 1. The molecule has 4 rings (SSSR count). The van der Waals surface area contributed by atoms with E-state index in [4.69, 9.17) is 4.98 Å². The van der Waals surface area contributed by atoms with Crippen molar-refractivity contribution < 1.29 is 0 Å². The van der Waals surface area contributed by atoms with E-state index in [1.807, 2.05) is 12.3 Å². The molecule has 21 heavy (non-hydrogen) atoms. The van der Waals surface area contributed by atoms with Crippen molar-refractivity contribution in [3.63, 3.8) is 0 Å². The van der Waals surface area contributed by atoms with Crippen LogP contribution in [0.15, 0.2) is 18.3 Å². The average Bonchev–Trinajstić information content (AvgIpc) is 3.20. The Hall–Kier alpha value is -1.46. The molecule has 112 valence electrons. The van der Waals surface area contributed by atoms with Gasteiger partial charge in [0, 0.05) is 25.2 Å². The summed E-state index contributed by atoms with van der Waals surface area (Å²) in [6.45, 7) is 5.61. The highest BCUT2D eigenvalue weighted by molar-refractivity contribution is 5.71. The second-order valence-electron chi connectivity index (χ2n) is 6.53. The van der Waals surface area contributed by atoms with Crippen molar-refractivity contribution >= 4 is 11.2 Å². The first-order valence-electron chi connectivity index (χ1n) is 8.01. The van der Waals surface area contributed by atoms with Gasteiger partial charge in [-0.25, -0.2) is 9.97 Å². The van der Waals surface area contributed by atoms with E-state index >= 15 is 0 Å². The van der Waals surface area contributed by atoms with Crippen molar-refractivity contribution in [1.29, 1.82) is 0 Å². The Morgan fingerprint density at radius 3 is 3.10 bits per heavy atom. The number of likely N-dealkylation sites (tertiary alicyclic amines) is 1. The molecule has 0 radical (unpaired) electrons. The molecule has 2 unspecified atom stereocenters. The van der Waals surface area contributed by atoms with E-state index in [1.54, 1.807) is 0 Å². The van der Waals surface area contributed by atoms with E-state index in [1.165, 1.54) is 25.2 Å². The quantitative estimate of drug-likeness (QED) is 0.927. The summed E-state index contributed by atoms with van der Waals surface area (Å²) >= 11 is 0. The summed E-state index contributed by atoms with van der Waals surface area (Å²) in [7, 11) is 2.20. The predicted molar refractivity (Wildman–Crippen MR) is 83.4 cm³/mol. The van der Waals surface area contributed by atoms with Gasteiger partial charge in [-0.3, -0.25) is 0 Å². The zero-order valence-electron chi connectivity index (χ0n) is 12.6. The van der Waals surface area contributed by atoms with Crippen LogP contribution in [0.3, 0.4) is 0 Å². The number of hydrogen-bond donors (Lipinski definition) is 1. The summed E-state index contributed by atoms with van der Waals surface area (Å²) in [6.07, 6.45) is 4.36. The van der Waals surface area contributed by atoms with Gasteiger partial charge in [-0.2, -0.15) is 0 Å². The summed E-state index contributed by atoms with van der Waals surface area (Å²) in [6, 6.07) is 4.08. The molecular weight excluding hydrogens is 262 g/mol. The summed E-state index contributed by atoms with van der Waals surface area (Å²) < 4.78 is 2.40. The minimum atomic E-state index is 0.554. The minimum absolute atomic E-state index is 0.554. The van der Waals surface area contributed by atoms with Gasteiger partial charge in [0.2, 0.25) is 0 Å². The highest BCUT2D eigenvalue weighted by Crippen LogP contribution is 2.29. The number of rotatable bonds is 3. The number of pyridine rings is 1. The molecule has 0 amide bonds. The summed E-state index contributed by atoms with van der Waals surface area (Å²) in [5.41, 5.74) is 2.11. The smallest absolute Gasteiger partial charge is 0.160 e. The first-order valence-corrected chi connectivity index (χ1v) is 8.01. The van der Waals surface area contributed by atoms with E-state index in [-0.39, 0.29) is 0 Å². The highest BCUT2D eigenvalue weighted by atomic mass is 15.2. The summed E-state index contributed by atoms with van der Waals surface area (Å²) in [5.74, 6) is 2.51. The molecule has 0 saturated carbocycles. The van der Waals surface area contributed by atoms with E-state index in [0.717, 1.165) is 37.3 Å². The molecular formula is C16H23N5. The fourth-order valence-electron chi connectivity index (χ4n) is 3.74. The summed E-state index contributed by atoms with van der Waals surface area (Å²) in [5, 5.41) is 3.47. The second kappa shape index (κ2) is 5.39. The lowest BCUT2D eigenvalue weighted by atomic mass is 10.1. The van der Waals surface area contributed by atoms with E-state index < -0.39 is 0 Å². The van der Waals surface area contributed by atoms with Crippen molar-refractivity contribution in [3.05, 3.63) is 24.2 Å². The van der Waals surface area contributed by atoms with Gasteiger partial charge in [-0.1, -0.05) is 0 Å². The van der Waals surface area contributed by atoms with Crippen LogP contribution in [0.5, 0.6) is 0 Å². The fourth-order valence-corrected chi connectivity index (χ4v) is 3.74. The Morgan fingerprint density at radius 2 is 2.33 bits per heavy atom. The van der Waals surface area contributed by atoms with Crippen LogP contribution in [0.2, 0.25) is 0 Å². The monoisotopic (exact) mass is 285 g/mol. The van der Waals surface area contributed by atoms with E-state index in [2.05, 4.69) is 32.9 Å². The third-order valence-electron chi connectivity index (χ3n) is 4.89. The number of nitrogens with zero attached hydrogens (tertiary/aromatic N) is 4. The molecule has 0 spiro atoms. The molecule has 1 N–H and O–H groups in total. The van der Waals surface area contributed by atoms with Gasteiger partial charge in [-0.05, 0) is 57.6 Å².